The Morgan fingerprint density at radius 3 is 2.92 bits per heavy atom. The molecule has 3 aliphatic carbocycles. The third kappa shape index (κ3) is 1.59. The van der Waals surface area contributed by atoms with Gasteiger partial charge in [-0.2, -0.15) is 0 Å². The molecule has 3 fully saturated rings. The van der Waals surface area contributed by atoms with Gasteiger partial charge in [0, 0.05) is 6.54 Å². The molecule has 5 heteroatoms. The Hall–Kier alpha value is -1.62. The maximum Gasteiger partial charge on any atom is 0.310 e. The lowest BCUT2D eigenvalue weighted by Crippen LogP contribution is -2.50. The van der Waals surface area contributed by atoms with Crippen molar-refractivity contribution in [3.63, 3.8) is 0 Å². The van der Waals surface area contributed by atoms with E-state index in [4.69, 9.17) is 4.74 Å². The molecule has 1 N–H and O–H groups in total. The number of hydrogen-bond acceptors (Lipinski definition) is 3. The number of aliphatic carboxylic acids is 1. The van der Waals surface area contributed by atoms with Crippen molar-refractivity contribution < 1.29 is 19.4 Å². The molecule has 2 saturated heterocycles. The summed E-state index contributed by atoms with van der Waals surface area (Å²) in [5, 5.41) is 9.53. The quantitative estimate of drug-likeness (QED) is 0.803. The number of fused-ring (bicyclic) bond motifs is 2. The fourth-order valence-corrected chi connectivity index (χ4v) is 5.87. The number of amides is 1. The first-order valence-corrected chi connectivity index (χ1v) is 8.91. The van der Waals surface area contributed by atoms with Crippen molar-refractivity contribution >= 4 is 11.9 Å². The Morgan fingerprint density at radius 1 is 1.46 bits per heavy atom. The largest absolute Gasteiger partial charge is 0.481 e. The summed E-state index contributed by atoms with van der Waals surface area (Å²) in [6, 6.07) is 0. The van der Waals surface area contributed by atoms with Crippen LogP contribution in [-0.2, 0) is 14.3 Å². The molecule has 6 rings (SSSR count). The van der Waals surface area contributed by atoms with Gasteiger partial charge in [-0.25, -0.2) is 0 Å². The Morgan fingerprint density at radius 2 is 2.25 bits per heavy atom. The summed E-state index contributed by atoms with van der Waals surface area (Å²) in [6.45, 7) is 5.77. The highest BCUT2D eigenvalue weighted by Crippen LogP contribution is 2.60. The molecule has 24 heavy (non-hydrogen) atoms. The number of carboxylic acid groups (broad SMARTS) is 1. The van der Waals surface area contributed by atoms with Crippen LogP contribution in [0.4, 0.5) is 0 Å². The van der Waals surface area contributed by atoms with E-state index in [-0.39, 0.29) is 5.91 Å². The van der Waals surface area contributed by atoms with Crippen molar-refractivity contribution in [1.29, 1.82) is 0 Å². The van der Waals surface area contributed by atoms with Gasteiger partial charge in [-0.05, 0) is 30.1 Å². The predicted molar refractivity (Wildman–Crippen MR) is 86.0 cm³/mol. The van der Waals surface area contributed by atoms with Crippen LogP contribution in [0.15, 0.2) is 23.8 Å². The van der Waals surface area contributed by atoms with E-state index in [2.05, 4.69) is 19.9 Å². The summed E-state index contributed by atoms with van der Waals surface area (Å²) in [6.07, 6.45) is 7.95. The van der Waals surface area contributed by atoms with Crippen molar-refractivity contribution in [3.05, 3.63) is 23.8 Å². The summed E-state index contributed by atoms with van der Waals surface area (Å²) in [4.78, 5) is 26.4. The molecule has 128 valence electrons. The van der Waals surface area contributed by atoms with Crippen LogP contribution in [0.25, 0.3) is 0 Å². The van der Waals surface area contributed by atoms with Gasteiger partial charge in [0.15, 0.2) is 0 Å². The van der Waals surface area contributed by atoms with E-state index in [1.54, 1.807) is 0 Å². The fourth-order valence-electron chi connectivity index (χ4n) is 5.87. The summed E-state index contributed by atoms with van der Waals surface area (Å²) in [7, 11) is 0. The van der Waals surface area contributed by atoms with Crippen molar-refractivity contribution in [3.8, 4) is 0 Å². The summed E-state index contributed by atoms with van der Waals surface area (Å²) >= 11 is 0. The molecule has 0 aromatic carbocycles. The van der Waals surface area contributed by atoms with Gasteiger partial charge in [-0.3, -0.25) is 9.59 Å². The molecule has 3 heterocycles. The van der Waals surface area contributed by atoms with E-state index in [1.807, 2.05) is 17.1 Å². The molecule has 1 saturated carbocycles. The van der Waals surface area contributed by atoms with Crippen molar-refractivity contribution in [2.45, 2.75) is 38.4 Å². The van der Waals surface area contributed by atoms with E-state index in [0.717, 1.165) is 12.3 Å². The second kappa shape index (κ2) is 4.31. The van der Waals surface area contributed by atoms with Gasteiger partial charge in [0.05, 0.1) is 18.6 Å². The zero-order valence-corrected chi connectivity index (χ0v) is 14.1. The van der Waals surface area contributed by atoms with Gasteiger partial charge >= 0.3 is 5.97 Å². The first kappa shape index (κ1) is 14.7. The molecule has 1 spiro atoms. The SMILES string of the molecule is CC1(C)[C@@H]2CC=C(CN3C[C@@]45C=C[C@H](O4)[C@H](C(=O)O)[C@H]5C3=O)[C@@H]1C2. The molecule has 1 amide bonds. The summed E-state index contributed by atoms with van der Waals surface area (Å²) in [5.74, 6) is -0.934. The van der Waals surface area contributed by atoms with Gasteiger partial charge in [0.2, 0.25) is 5.91 Å². The normalized spacial score (nSPS) is 46.8. The minimum absolute atomic E-state index is 0.0468. The van der Waals surface area contributed by atoms with Crippen LogP contribution < -0.4 is 0 Å². The zero-order valence-electron chi connectivity index (χ0n) is 14.1. The van der Waals surface area contributed by atoms with Crippen LogP contribution in [0.3, 0.4) is 0 Å². The lowest BCUT2D eigenvalue weighted by atomic mass is 9.49. The lowest BCUT2D eigenvalue weighted by Gasteiger charge is -2.56. The molecule has 0 aromatic rings. The Labute approximate surface area is 141 Å². The lowest BCUT2D eigenvalue weighted by molar-refractivity contribution is -0.148. The molecule has 0 radical (unpaired) electrons. The zero-order chi connectivity index (χ0) is 16.9. The molecule has 5 nitrogen and oxygen atoms in total. The number of hydrogen-bond donors (Lipinski definition) is 1. The molecule has 6 atom stereocenters. The van der Waals surface area contributed by atoms with Crippen LogP contribution in [-0.4, -0.2) is 46.7 Å². The second-order valence-electron chi connectivity index (χ2n) is 8.75. The average Bonchev–Trinajstić information content (AvgIpc) is 3.16. The number of likely N-dealkylation sites (tertiary alicyclic amines) is 1. The van der Waals surface area contributed by atoms with Crippen LogP contribution in [0, 0.1) is 29.1 Å². The maximum absolute atomic E-state index is 13.0. The minimum Gasteiger partial charge on any atom is -0.481 e. The topological polar surface area (TPSA) is 66.8 Å². The number of ether oxygens (including phenoxy) is 1. The van der Waals surface area contributed by atoms with Crippen LogP contribution in [0.2, 0.25) is 0 Å². The average molecular weight is 329 g/mol. The molecule has 3 aliphatic heterocycles. The number of nitrogens with zero attached hydrogens (tertiary/aromatic N) is 1. The standard InChI is InChI=1S/C19H23NO4/c1-18(2)11-4-3-10(12(18)7-11)8-20-9-19-6-5-13(24-19)14(17(22)23)15(19)16(20)21/h3,5-6,11-15H,4,7-9H2,1-2H3,(H,22,23)/t11-,12+,13+,14+,15+,19-/m1/s1. The van der Waals surface area contributed by atoms with E-state index in [0.29, 0.717) is 24.4 Å². The van der Waals surface area contributed by atoms with Gasteiger partial charge in [-0.1, -0.05) is 37.6 Å². The third-order valence-electron chi connectivity index (χ3n) is 7.42. The van der Waals surface area contributed by atoms with Crippen LogP contribution in [0.1, 0.15) is 26.7 Å². The van der Waals surface area contributed by atoms with Gasteiger partial charge in [-0.15, -0.1) is 0 Å². The Balaban J connectivity index is 1.40. The van der Waals surface area contributed by atoms with Crippen molar-refractivity contribution in [2.24, 2.45) is 29.1 Å². The van der Waals surface area contributed by atoms with Crippen molar-refractivity contribution in [2.75, 3.05) is 13.1 Å². The van der Waals surface area contributed by atoms with E-state index in [1.165, 1.54) is 12.0 Å². The number of carbonyl (C=O) groups excluding carboxylic acids is 1. The number of carbonyl (C=O) groups is 2. The van der Waals surface area contributed by atoms with Crippen LogP contribution >= 0.6 is 0 Å². The first-order valence-electron chi connectivity index (χ1n) is 8.91. The summed E-state index contributed by atoms with van der Waals surface area (Å²) < 4.78 is 5.95. The molecular weight excluding hydrogens is 306 g/mol. The highest BCUT2D eigenvalue weighted by molar-refractivity contribution is 5.90. The molecule has 0 unspecified atom stereocenters. The monoisotopic (exact) mass is 329 g/mol. The first-order chi connectivity index (χ1) is 11.3. The molecule has 4 bridgehead atoms. The number of carboxylic acids is 1. The number of allylic oxidation sites excluding steroid dienone is 1. The molecule has 6 aliphatic rings. The number of rotatable bonds is 3. The predicted octanol–water partition coefficient (Wildman–Crippen LogP) is 1.85. The highest BCUT2D eigenvalue weighted by atomic mass is 16.5. The molecule has 0 aromatic heterocycles. The van der Waals surface area contributed by atoms with E-state index in [9.17, 15) is 14.7 Å². The second-order valence-corrected chi connectivity index (χ2v) is 8.75. The summed E-state index contributed by atoms with van der Waals surface area (Å²) in [5.41, 5.74) is 0.981. The van der Waals surface area contributed by atoms with E-state index < -0.39 is 29.5 Å². The van der Waals surface area contributed by atoms with Gasteiger partial charge < -0.3 is 14.7 Å². The fraction of sp³-hybridized carbons (Fsp3) is 0.684. The van der Waals surface area contributed by atoms with Gasteiger partial charge in [0.25, 0.3) is 0 Å². The van der Waals surface area contributed by atoms with Gasteiger partial charge in [0.1, 0.15) is 11.5 Å². The van der Waals surface area contributed by atoms with E-state index >= 15 is 0 Å². The highest BCUT2D eigenvalue weighted by Gasteiger charge is 2.67. The minimum atomic E-state index is -0.925. The van der Waals surface area contributed by atoms with Crippen molar-refractivity contribution in [1.82, 2.24) is 4.90 Å². The third-order valence-corrected chi connectivity index (χ3v) is 7.42. The van der Waals surface area contributed by atoms with Crippen LogP contribution in [0.5, 0.6) is 0 Å². The molecular formula is C19H23NO4. The smallest absolute Gasteiger partial charge is 0.310 e. The Kier molecular flexibility index (Phi) is 2.64. The maximum atomic E-state index is 13.0. The Bertz CT molecular complexity index is 708.